The van der Waals surface area contributed by atoms with Gasteiger partial charge in [-0.2, -0.15) is 0 Å². The molecular formula is C16H17ClN4O4S2. The molecule has 2 aromatic heterocycles. The van der Waals surface area contributed by atoms with Crippen LogP contribution in [0.3, 0.4) is 0 Å². The Morgan fingerprint density at radius 1 is 1.22 bits per heavy atom. The van der Waals surface area contributed by atoms with Gasteiger partial charge in [0.2, 0.25) is 15.0 Å². The molecular weight excluding hydrogens is 412 g/mol. The largest absolute Gasteiger partial charge is 0.355 e. The standard InChI is InChI=1S/C16H17ClN4O4S2/c1-18-13(22)11-8-5-3-4-6-10(8)26-15(11)21-14(23)12-9(17)7-19-16(20-12)27(2,24)25/h7H,3-6H2,1-2H3,(H,18,22)(H,21,23). The number of amides is 2. The molecule has 0 aromatic carbocycles. The van der Waals surface area contributed by atoms with Crippen LogP contribution in [-0.4, -0.2) is 43.5 Å². The molecule has 27 heavy (non-hydrogen) atoms. The molecule has 2 aromatic rings. The molecule has 3 rings (SSSR count). The highest BCUT2D eigenvalue weighted by molar-refractivity contribution is 7.90. The molecule has 0 fully saturated rings. The molecule has 2 heterocycles. The zero-order chi connectivity index (χ0) is 19.8. The smallest absolute Gasteiger partial charge is 0.276 e. The van der Waals surface area contributed by atoms with Crippen molar-refractivity contribution >= 4 is 49.6 Å². The van der Waals surface area contributed by atoms with Crippen LogP contribution >= 0.6 is 22.9 Å². The highest BCUT2D eigenvalue weighted by atomic mass is 35.5. The number of halogens is 1. The number of sulfone groups is 1. The van der Waals surface area contributed by atoms with E-state index in [1.54, 1.807) is 0 Å². The lowest BCUT2D eigenvalue weighted by atomic mass is 9.95. The highest BCUT2D eigenvalue weighted by Crippen LogP contribution is 2.38. The summed E-state index contributed by atoms with van der Waals surface area (Å²) >= 11 is 7.33. The van der Waals surface area contributed by atoms with E-state index < -0.39 is 20.9 Å². The van der Waals surface area contributed by atoms with E-state index >= 15 is 0 Å². The van der Waals surface area contributed by atoms with Crippen LogP contribution in [0.4, 0.5) is 5.00 Å². The fraction of sp³-hybridized carbons (Fsp3) is 0.375. The predicted molar refractivity (Wildman–Crippen MR) is 102 cm³/mol. The monoisotopic (exact) mass is 428 g/mol. The molecule has 0 aliphatic heterocycles. The van der Waals surface area contributed by atoms with Crippen molar-refractivity contribution in [2.45, 2.75) is 30.8 Å². The number of carbonyl (C=O) groups excluding carboxylic acids is 2. The van der Waals surface area contributed by atoms with Crippen molar-refractivity contribution in [3.05, 3.63) is 32.9 Å². The van der Waals surface area contributed by atoms with Crippen LogP contribution in [0.25, 0.3) is 0 Å². The fourth-order valence-corrected chi connectivity index (χ4v) is 4.83. The summed E-state index contributed by atoms with van der Waals surface area (Å²) in [5, 5.41) is 5.10. The van der Waals surface area contributed by atoms with E-state index in [1.807, 2.05) is 0 Å². The maximum absolute atomic E-state index is 12.7. The molecule has 1 aliphatic carbocycles. The van der Waals surface area contributed by atoms with Gasteiger partial charge in [-0.25, -0.2) is 18.4 Å². The van der Waals surface area contributed by atoms with Crippen molar-refractivity contribution in [3.8, 4) is 0 Å². The van der Waals surface area contributed by atoms with E-state index in [0.29, 0.717) is 10.6 Å². The van der Waals surface area contributed by atoms with Crippen LogP contribution < -0.4 is 10.6 Å². The SMILES string of the molecule is CNC(=O)c1c(NC(=O)c2nc(S(C)(=O)=O)ncc2Cl)sc2c1CCCC2. The highest BCUT2D eigenvalue weighted by Gasteiger charge is 2.27. The first kappa shape index (κ1) is 19.7. The lowest BCUT2D eigenvalue weighted by Crippen LogP contribution is -2.23. The quantitative estimate of drug-likeness (QED) is 0.720. The van der Waals surface area contributed by atoms with Crippen molar-refractivity contribution in [2.75, 3.05) is 18.6 Å². The molecule has 144 valence electrons. The average molecular weight is 429 g/mol. The Labute approximate surface area is 165 Å². The Balaban J connectivity index is 2.00. The van der Waals surface area contributed by atoms with Crippen molar-refractivity contribution in [1.29, 1.82) is 0 Å². The van der Waals surface area contributed by atoms with Gasteiger partial charge in [0.05, 0.1) is 16.8 Å². The lowest BCUT2D eigenvalue weighted by Gasteiger charge is -2.12. The Morgan fingerprint density at radius 3 is 2.59 bits per heavy atom. The number of fused-ring (bicyclic) bond motifs is 1. The fourth-order valence-electron chi connectivity index (χ4n) is 2.87. The average Bonchev–Trinajstić information content (AvgIpc) is 2.98. The molecule has 0 saturated heterocycles. The second kappa shape index (κ2) is 7.53. The van der Waals surface area contributed by atoms with Gasteiger partial charge in [-0.05, 0) is 31.2 Å². The van der Waals surface area contributed by atoms with Crippen LogP contribution in [0.5, 0.6) is 0 Å². The van der Waals surface area contributed by atoms with Gasteiger partial charge in [0.15, 0.2) is 5.69 Å². The zero-order valence-corrected chi connectivity index (χ0v) is 17.0. The topological polar surface area (TPSA) is 118 Å². The van der Waals surface area contributed by atoms with Gasteiger partial charge in [0.1, 0.15) is 5.00 Å². The van der Waals surface area contributed by atoms with Crippen molar-refractivity contribution in [3.63, 3.8) is 0 Å². The molecule has 0 bridgehead atoms. The molecule has 11 heteroatoms. The molecule has 2 N–H and O–H groups in total. The number of hydrogen-bond acceptors (Lipinski definition) is 7. The van der Waals surface area contributed by atoms with Crippen molar-refractivity contribution in [1.82, 2.24) is 15.3 Å². The minimum absolute atomic E-state index is 0.0808. The zero-order valence-electron chi connectivity index (χ0n) is 14.6. The summed E-state index contributed by atoms with van der Waals surface area (Å²) < 4.78 is 23.3. The number of nitrogens with zero attached hydrogens (tertiary/aromatic N) is 2. The van der Waals surface area contributed by atoms with E-state index in [-0.39, 0.29) is 16.6 Å². The molecule has 1 aliphatic rings. The van der Waals surface area contributed by atoms with E-state index in [2.05, 4.69) is 20.6 Å². The molecule has 0 spiro atoms. The van der Waals surface area contributed by atoms with Crippen LogP contribution in [0.2, 0.25) is 5.02 Å². The number of rotatable bonds is 4. The molecule has 2 amide bonds. The Bertz CT molecular complexity index is 1030. The summed E-state index contributed by atoms with van der Waals surface area (Å²) in [5.74, 6) is -0.980. The summed E-state index contributed by atoms with van der Waals surface area (Å²) in [5.41, 5.74) is 1.13. The van der Waals surface area contributed by atoms with Gasteiger partial charge >= 0.3 is 0 Å². The number of aryl methyl sites for hydroxylation is 1. The van der Waals surface area contributed by atoms with Crippen molar-refractivity contribution < 1.29 is 18.0 Å². The third-order valence-corrected chi connectivity index (χ3v) is 6.47. The van der Waals surface area contributed by atoms with Crippen LogP contribution in [0, 0.1) is 0 Å². The first-order valence-electron chi connectivity index (χ1n) is 8.13. The van der Waals surface area contributed by atoms with E-state index in [4.69, 9.17) is 11.6 Å². The van der Waals surface area contributed by atoms with Crippen LogP contribution in [-0.2, 0) is 22.7 Å². The van der Waals surface area contributed by atoms with Gasteiger partial charge in [-0.15, -0.1) is 11.3 Å². The molecule has 0 radical (unpaired) electrons. The number of hydrogen-bond donors (Lipinski definition) is 2. The maximum Gasteiger partial charge on any atom is 0.276 e. The first-order chi connectivity index (χ1) is 12.7. The summed E-state index contributed by atoms with van der Waals surface area (Å²) in [4.78, 5) is 33.5. The summed E-state index contributed by atoms with van der Waals surface area (Å²) in [7, 11) is -2.17. The first-order valence-corrected chi connectivity index (χ1v) is 11.2. The molecule has 0 unspecified atom stereocenters. The Hall–Kier alpha value is -2.04. The van der Waals surface area contributed by atoms with E-state index in [9.17, 15) is 18.0 Å². The number of thiophene rings is 1. The number of anilines is 1. The minimum atomic E-state index is -3.70. The molecule has 0 atom stereocenters. The van der Waals surface area contributed by atoms with E-state index in [0.717, 1.165) is 48.6 Å². The van der Waals surface area contributed by atoms with Crippen LogP contribution in [0.15, 0.2) is 11.4 Å². The second-order valence-electron chi connectivity index (χ2n) is 6.07. The van der Waals surface area contributed by atoms with E-state index in [1.165, 1.54) is 18.4 Å². The van der Waals surface area contributed by atoms with Gasteiger partial charge in [-0.3, -0.25) is 9.59 Å². The third-order valence-electron chi connectivity index (χ3n) is 4.12. The van der Waals surface area contributed by atoms with Crippen molar-refractivity contribution in [2.24, 2.45) is 0 Å². The minimum Gasteiger partial charge on any atom is -0.355 e. The predicted octanol–water partition coefficient (Wildman–Crippen LogP) is 2.09. The third kappa shape index (κ3) is 3.97. The number of aromatic nitrogens is 2. The summed E-state index contributed by atoms with van der Waals surface area (Å²) in [6.45, 7) is 0. The molecule has 0 saturated carbocycles. The Morgan fingerprint density at radius 2 is 1.93 bits per heavy atom. The van der Waals surface area contributed by atoms with Gasteiger partial charge in [0.25, 0.3) is 11.8 Å². The van der Waals surface area contributed by atoms with Gasteiger partial charge in [0, 0.05) is 18.2 Å². The van der Waals surface area contributed by atoms with Crippen LogP contribution in [0.1, 0.15) is 44.1 Å². The normalized spacial score (nSPS) is 13.7. The number of nitrogens with one attached hydrogen (secondary N) is 2. The number of carbonyl (C=O) groups is 2. The lowest BCUT2D eigenvalue weighted by molar-refractivity contribution is 0.0963. The van der Waals surface area contributed by atoms with Gasteiger partial charge < -0.3 is 10.6 Å². The summed E-state index contributed by atoms with van der Waals surface area (Å²) in [6.07, 6.45) is 5.65. The second-order valence-corrected chi connectivity index (χ2v) is 9.49. The van der Waals surface area contributed by atoms with Gasteiger partial charge in [-0.1, -0.05) is 11.6 Å². The molecule has 8 nitrogen and oxygen atoms in total. The summed E-state index contributed by atoms with van der Waals surface area (Å²) in [6, 6.07) is 0. The maximum atomic E-state index is 12.7. The Kier molecular flexibility index (Phi) is 5.50.